The number of carbonyl (C=O) groups excluding carboxylic acids is 1. The van der Waals surface area contributed by atoms with Crippen molar-refractivity contribution in [1.82, 2.24) is 25.1 Å². The van der Waals surface area contributed by atoms with E-state index in [1.54, 1.807) is 18.0 Å². The highest BCUT2D eigenvalue weighted by Gasteiger charge is 2.35. The van der Waals surface area contributed by atoms with Crippen LogP contribution >= 0.6 is 0 Å². The van der Waals surface area contributed by atoms with Crippen LogP contribution in [0.3, 0.4) is 0 Å². The van der Waals surface area contributed by atoms with Gasteiger partial charge in [-0.1, -0.05) is 0 Å². The standard InChI is InChI=1S/C23H29F3N8O2/c1-13(2)34-12-17(22(36-5)33(4)28-3)18-9-14-15(11-30-21(14)32-31-18)16(20(27)23(24,25)26)10-29-8-6-7-19(34)35/h9-11,13H,3,6-8,12,27H2,1-2,4-5H3,(H,30,32)/b20-16+,22-17-,29-10?. The van der Waals surface area contributed by atoms with Crippen LogP contribution in [0.5, 0.6) is 0 Å². The Morgan fingerprint density at radius 2 is 2.08 bits per heavy atom. The van der Waals surface area contributed by atoms with Crippen molar-refractivity contribution >= 4 is 41.0 Å². The largest absolute Gasteiger partial charge is 0.481 e. The summed E-state index contributed by atoms with van der Waals surface area (Å²) in [5.74, 6) is 0.106. The Bertz CT molecular complexity index is 1230. The molecule has 10 nitrogen and oxygen atoms in total. The molecule has 2 aromatic heterocycles. The highest BCUT2D eigenvalue weighted by molar-refractivity contribution is 6.15. The van der Waals surface area contributed by atoms with Crippen molar-refractivity contribution in [1.29, 1.82) is 0 Å². The first-order valence-electron chi connectivity index (χ1n) is 11.2. The number of fused-ring (bicyclic) bond motifs is 1. The number of nitrogens with two attached hydrogens (primary N) is 1. The zero-order valence-corrected chi connectivity index (χ0v) is 20.6. The molecule has 0 aliphatic carbocycles. The van der Waals surface area contributed by atoms with Crippen LogP contribution in [-0.2, 0) is 9.53 Å². The van der Waals surface area contributed by atoms with Gasteiger partial charge in [-0.05, 0) is 26.3 Å². The van der Waals surface area contributed by atoms with E-state index in [1.807, 2.05) is 13.8 Å². The van der Waals surface area contributed by atoms with E-state index in [9.17, 15) is 18.0 Å². The van der Waals surface area contributed by atoms with E-state index >= 15 is 0 Å². The molecule has 3 heterocycles. The number of amides is 1. The topological polar surface area (TPSA) is 125 Å². The van der Waals surface area contributed by atoms with E-state index in [1.165, 1.54) is 18.3 Å². The third-order valence-corrected chi connectivity index (χ3v) is 5.76. The molecular formula is C23H29F3N8O2. The third kappa shape index (κ3) is 5.50. The highest BCUT2D eigenvalue weighted by Crippen LogP contribution is 2.33. The molecule has 0 saturated carbocycles. The maximum absolute atomic E-state index is 13.6. The molecule has 0 unspecified atom stereocenters. The lowest BCUT2D eigenvalue weighted by Gasteiger charge is -2.29. The Balaban J connectivity index is 2.37. The zero-order valence-electron chi connectivity index (χ0n) is 20.6. The Kier molecular flexibility index (Phi) is 8.00. The van der Waals surface area contributed by atoms with Crippen LogP contribution in [0.25, 0.3) is 22.2 Å². The molecule has 3 N–H and O–H groups in total. The molecule has 2 aromatic rings. The highest BCUT2D eigenvalue weighted by atomic mass is 19.4. The predicted molar refractivity (Wildman–Crippen MR) is 132 cm³/mol. The van der Waals surface area contributed by atoms with Crippen molar-refractivity contribution in [3.8, 4) is 0 Å². The van der Waals surface area contributed by atoms with Crippen molar-refractivity contribution < 1.29 is 22.7 Å². The minimum atomic E-state index is -4.78. The monoisotopic (exact) mass is 506 g/mol. The van der Waals surface area contributed by atoms with Gasteiger partial charge >= 0.3 is 6.18 Å². The first-order chi connectivity index (χ1) is 17.0. The number of aliphatic imine (C=N–C) groups is 1. The summed E-state index contributed by atoms with van der Waals surface area (Å²) in [6.07, 6.45) is -1.81. The number of nitrogens with one attached hydrogen (secondary N) is 1. The second kappa shape index (κ2) is 10.8. The fourth-order valence-corrected chi connectivity index (χ4v) is 3.85. The SMILES string of the molecule is C=NN(C)/C(OC)=C1\CN(C(C)C)C(=O)CCCN=C/C(=C(\N)C(F)(F)F)c2c[nH]c3nnc1cc23. The number of H-pyrrole nitrogens is 1. The first-order valence-corrected chi connectivity index (χ1v) is 11.2. The number of rotatable bonds is 4. The zero-order chi connectivity index (χ0) is 26.6. The summed E-state index contributed by atoms with van der Waals surface area (Å²) in [6.45, 7) is 7.53. The maximum Gasteiger partial charge on any atom is 0.431 e. The first kappa shape index (κ1) is 26.7. The number of hydrazone groups is 1. The Labute approximate surface area is 206 Å². The van der Waals surface area contributed by atoms with Gasteiger partial charge in [0, 0.05) is 61.7 Å². The molecule has 0 spiro atoms. The summed E-state index contributed by atoms with van der Waals surface area (Å²) in [6, 6.07) is 1.41. The molecule has 0 aromatic carbocycles. The molecule has 0 saturated heterocycles. The molecule has 194 valence electrons. The second-order valence-corrected chi connectivity index (χ2v) is 8.43. The molecule has 0 radical (unpaired) electrons. The fraction of sp³-hybridized carbons (Fsp3) is 0.435. The number of hydrogen-bond donors (Lipinski definition) is 2. The van der Waals surface area contributed by atoms with Crippen LogP contribution in [0.2, 0.25) is 0 Å². The van der Waals surface area contributed by atoms with Crippen LogP contribution in [0.1, 0.15) is 37.9 Å². The van der Waals surface area contributed by atoms with Gasteiger partial charge in [-0.3, -0.25) is 9.79 Å². The van der Waals surface area contributed by atoms with Gasteiger partial charge in [-0.25, -0.2) is 5.01 Å². The van der Waals surface area contributed by atoms with Crippen molar-refractivity contribution in [3.63, 3.8) is 0 Å². The molecule has 0 atom stereocenters. The number of alkyl halides is 3. The van der Waals surface area contributed by atoms with E-state index < -0.39 is 11.9 Å². The number of allylic oxidation sites excluding steroid dienone is 2. The summed E-state index contributed by atoms with van der Waals surface area (Å²) in [7, 11) is 3.05. The van der Waals surface area contributed by atoms with Gasteiger partial charge in [-0.15, -0.1) is 10.2 Å². The maximum atomic E-state index is 13.6. The lowest BCUT2D eigenvalue weighted by Crippen LogP contribution is -2.39. The smallest absolute Gasteiger partial charge is 0.431 e. The van der Waals surface area contributed by atoms with Crippen LogP contribution in [0, 0.1) is 0 Å². The summed E-state index contributed by atoms with van der Waals surface area (Å²) in [4.78, 5) is 21.7. The molecular weight excluding hydrogens is 477 g/mol. The molecule has 1 aliphatic heterocycles. The van der Waals surface area contributed by atoms with Crippen molar-refractivity contribution in [3.05, 3.63) is 35.1 Å². The van der Waals surface area contributed by atoms with E-state index in [4.69, 9.17) is 10.5 Å². The van der Waals surface area contributed by atoms with Gasteiger partial charge in [0.2, 0.25) is 11.8 Å². The number of carbonyl (C=O) groups is 1. The van der Waals surface area contributed by atoms with Crippen LogP contribution in [-0.4, -0.2) is 83.4 Å². The average molecular weight is 507 g/mol. The molecule has 1 aliphatic rings. The lowest BCUT2D eigenvalue weighted by molar-refractivity contribution is -0.132. The average Bonchev–Trinajstić information content (AvgIpc) is 3.24. The van der Waals surface area contributed by atoms with Gasteiger partial charge in [-0.2, -0.15) is 18.3 Å². The van der Waals surface area contributed by atoms with E-state index in [-0.39, 0.29) is 59.8 Å². The number of hydrogen-bond acceptors (Lipinski definition) is 8. The third-order valence-electron chi connectivity index (χ3n) is 5.76. The van der Waals surface area contributed by atoms with Crippen molar-refractivity contribution in [2.24, 2.45) is 15.8 Å². The van der Waals surface area contributed by atoms with Crippen LogP contribution in [0.4, 0.5) is 13.2 Å². The number of nitrogens with zero attached hydrogens (tertiary/aromatic N) is 6. The lowest BCUT2D eigenvalue weighted by atomic mass is 10.0. The molecule has 0 fully saturated rings. The van der Waals surface area contributed by atoms with E-state index in [0.717, 1.165) is 6.21 Å². The Morgan fingerprint density at radius 3 is 2.69 bits per heavy atom. The van der Waals surface area contributed by atoms with Gasteiger partial charge in [0.25, 0.3) is 0 Å². The Morgan fingerprint density at radius 1 is 1.36 bits per heavy atom. The molecule has 2 bridgehead atoms. The molecule has 1 amide bonds. The number of methoxy groups -OCH3 is 1. The number of aromatic amines is 1. The van der Waals surface area contributed by atoms with Crippen molar-refractivity contribution in [2.75, 3.05) is 27.2 Å². The van der Waals surface area contributed by atoms with E-state index in [0.29, 0.717) is 17.4 Å². The normalized spacial score (nSPS) is 18.4. The molecule has 3 rings (SSSR count). The van der Waals surface area contributed by atoms with Gasteiger partial charge in [0.15, 0.2) is 5.65 Å². The van der Waals surface area contributed by atoms with Crippen LogP contribution in [0.15, 0.2) is 33.9 Å². The number of aromatic nitrogens is 3. The summed E-state index contributed by atoms with van der Waals surface area (Å²) >= 11 is 0. The minimum Gasteiger partial charge on any atom is -0.481 e. The number of ether oxygens (including phenoxy) is 1. The van der Waals surface area contributed by atoms with Gasteiger partial charge in [0.05, 0.1) is 24.9 Å². The molecule has 13 heteroatoms. The second-order valence-electron chi connectivity index (χ2n) is 8.43. The predicted octanol–water partition coefficient (Wildman–Crippen LogP) is 3.15. The molecule has 36 heavy (non-hydrogen) atoms. The van der Waals surface area contributed by atoms with Gasteiger partial charge in [0.1, 0.15) is 5.70 Å². The summed E-state index contributed by atoms with van der Waals surface area (Å²) in [5, 5.41) is 14.0. The minimum absolute atomic E-state index is 0.0934. The fourth-order valence-electron chi connectivity index (χ4n) is 3.85. The van der Waals surface area contributed by atoms with E-state index in [2.05, 4.69) is 32.0 Å². The summed E-state index contributed by atoms with van der Waals surface area (Å²) < 4.78 is 46.4. The summed E-state index contributed by atoms with van der Waals surface area (Å²) in [5.41, 5.74) is 5.10. The van der Waals surface area contributed by atoms with Crippen molar-refractivity contribution in [2.45, 2.75) is 38.9 Å². The Hall–Kier alpha value is -3.90. The quantitative estimate of drug-likeness (QED) is 0.373. The number of halogens is 3. The van der Waals surface area contributed by atoms with Gasteiger partial charge < -0.3 is 20.4 Å². The van der Waals surface area contributed by atoms with Crippen LogP contribution < -0.4 is 5.73 Å².